The van der Waals surface area contributed by atoms with Crippen LogP contribution in [0.2, 0.25) is 0 Å². The maximum atomic E-state index is 5.91. The Morgan fingerprint density at radius 1 is 1.29 bits per heavy atom. The van der Waals surface area contributed by atoms with E-state index in [9.17, 15) is 0 Å². The van der Waals surface area contributed by atoms with Crippen molar-refractivity contribution < 1.29 is 9.47 Å². The second kappa shape index (κ2) is 7.69. The van der Waals surface area contributed by atoms with Crippen molar-refractivity contribution in [2.24, 2.45) is 5.73 Å². The zero-order chi connectivity index (χ0) is 12.7. The Morgan fingerprint density at radius 2 is 2.00 bits per heavy atom. The van der Waals surface area contributed by atoms with Crippen molar-refractivity contribution in [1.82, 2.24) is 0 Å². The molecule has 0 aliphatic rings. The van der Waals surface area contributed by atoms with E-state index in [1.807, 2.05) is 25.1 Å². The van der Waals surface area contributed by atoms with Gasteiger partial charge in [0, 0.05) is 29.8 Å². The van der Waals surface area contributed by atoms with Gasteiger partial charge in [0.25, 0.3) is 0 Å². The Kier molecular flexibility index (Phi) is 6.55. The largest absolute Gasteiger partial charge is 0.493 e. The average Bonchev–Trinajstić information content (AvgIpc) is 2.30. The molecule has 0 heterocycles. The van der Waals surface area contributed by atoms with Gasteiger partial charge in [-0.25, -0.2) is 0 Å². The fourth-order valence-electron chi connectivity index (χ4n) is 1.54. The predicted octanol–water partition coefficient (Wildman–Crippen LogP) is 3.27. The molecule has 0 spiro atoms. The number of hydrogen-bond donors (Lipinski definition) is 1. The first-order valence-electron chi connectivity index (χ1n) is 5.82. The summed E-state index contributed by atoms with van der Waals surface area (Å²) in [6.45, 7) is 3.44. The van der Waals surface area contributed by atoms with Gasteiger partial charge in [0.1, 0.15) is 5.75 Å². The van der Waals surface area contributed by atoms with Gasteiger partial charge in [0.2, 0.25) is 0 Å². The van der Waals surface area contributed by atoms with Gasteiger partial charge in [-0.2, -0.15) is 0 Å². The van der Waals surface area contributed by atoms with Crippen molar-refractivity contribution >= 4 is 15.9 Å². The molecule has 1 aromatic rings. The second-order valence-electron chi connectivity index (χ2n) is 4.02. The molecular weight excluding hydrogens is 282 g/mol. The summed E-state index contributed by atoms with van der Waals surface area (Å²) in [5.41, 5.74) is 6.95. The summed E-state index contributed by atoms with van der Waals surface area (Å²) in [5, 5.41) is 0. The van der Waals surface area contributed by atoms with Crippen LogP contribution in [-0.2, 0) is 4.74 Å². The summed E-state index contributed by atoms with van der Waals surface area (Å²) in [5.74, 6) is 0.876. The van der Waals surface area contributed by atoms with Crippen LogP contribution in [0, 0.1) is 0 Å². The van der Waals surface area contributed by atoms with Crippen LogP contribution in [0.3, 0.4) is 0 Å². The summed E-state index contributed by atoms with van der Waals surface area (Å²) in [7, 11) is 1.71. The molecule has 0 saturated heterocycles. The Balaban J connectivity index is 2.52. The van der Waals surface area contributed by atoms with E-state index in [-0.39, 0.29) is 6.04 Å². The van der Waals surface area contributed by atoms with Crippen LogP contribution in [0.1, 0.15) is 31.4 Å². The van der Waals surface area contributed by atoms with E-state index in [0.29, 0.717) is 6.61 Å². The highest BCUT2D eigenvalue weighted by molar-refractivity contribution is 9.10. The van der Waals surface area contributed by atoms with E-state index in [4.69, 9.17) is 15.2 Å². The number of nitrogens with two attached hydrogens (primary N) is 1. The zero-order valence-corrected chi connectivity index (χ0v) is 12.0. The van der Waals surface area contributed by atoms with E-state index >= 15 is 0 Å². The third-order valence-corrected chi connectivity index (χ3v) is 2.96. The first-order chi connectivity index (χ1) is 8.15. The molecule has 4 heteroatoms. The fraction of sp³-hybridized carbons (Fsp3) is 0.538. The molecule has 0 bridgehead atoms. The van der Waals surface area contributed by atoms with Crippen molar-refractivity contribution in [2.75, 3.05) is 20.3 Å². The summed E-state index contributed by atoms with van der Waals surface area (Å²) >= 11 is 3.44. The topological polar surface area (TPSA) is 44.5 Å². The number of rotatable bonds is 7. The van der Waals surface area contributed by atoms with Gasteiger partial charge in [0.15, 0.2) is 0 Å². The lowest BCUT2D eigenvalue weighted by atomic mass is 10.1. The van der Waals surface area contributed by atoms with E-state index in [0.717, 1.165) is 35.2 Å². The van der Waals surface area contributed by atoms with Crippen molar-refractivity contribution in [2.45, 2.75) is 25.8 Å². The van der Waals surface area contributed by atoms with Crippen LogP contribution in [0.4, 0.5) is 0 Å². The molecule has 96 valence electrons. The van der Waals surface area contributed by atoms with Crippen molar-refractivity contribution in [3.8, 4) is 5.75 Å². The number of methoxy groups -OCH3 is 1. The summed E-state index contributed by atoms with van der Waals surface area (Å²) in [6.07, 6.45) is 2.00. The molecule has 1 rings (SSSR count). The Labute approximate surface area is 111 Å². The van der Waals surface area contributed by atoms with Gasteiger partial charge in [-0.3, -0.25) is 0 Å². The first kappa shape index (κ1) is 14.5. The molecule has 1 aromatic carbocycles. The quantitative estimate of drug-likeness (QED) is 0.786. The van der Waals surface area contributed by atoms with Gasteiger partial charge >= 0.3 is 0 Å². The van der Waals surface area contributed by atoms with Crippen LogP contribution in [0.15, 0.2) is 22.7 Å². The molecule has 0 unspecified atom stereocenters. The van der Waals surface area contributed by atoms with Crippen LogP contribution in [0.25, 0.3) is 0 Å². The highest BCUT2D eigenvalue weighted by Gasteiger charge is 2.08. The molecule has 2 N–H and O–H groups in total. The number of ether oxygens (including phenoxy) is 2. The predicted molar refractivity (Wildman–Crippen MR) is 73.3 cm³/mol. The molecule has 0 radical (unpaired) electrons. The van der Waals surface area contributed by atoms with Gasteiger partial charge in [-0.1, -0.05) is 15.9 Å². The third kappa shape index (κ3) is 5.06. The normalized spacial score (nSPS) is 12.5. The van der Waals surface area contributed by atoms with Crippen LogP contribution >= 0.6 is 15.9 Å². The van der Waals surface area contributed by atoms with Crippen LogP contribution in [0.5, 0.6) is 5.75 Å². The summed E-state index contributed by atoms with van der Waals surface area (Å²) in [4.78, 5) is 0. The molecule has 0 aliphatic carbocycles. The lowest BCUT2D eigenvalue weighted by molar-refractivity contribution is 0.184. The van der Waals surface area contributed by atoms with Crippen molar-refractivity contribution in [1.29, 1.82) is 0 Å². The van der Waals surface area contributed by atoms with Gasteiger partial charge in [0.05, 0.1) is 6.61 Å². The summed E-state index contributed by atoms with van der Waals surface area (Å²) < 4.78 is 11.8. The van der Waals surface area contributed by atoms with E-state index in [1.54, 1.807) is 7.11 Å². The molecular formula is C13H20BrNO2. The maximum absolute atomic E-state index is 5.91. The third-order valence-electron chi connectivity index (χ3n) is 2.46. The number of unbranched alkanes of at least 4 members (excludes halogenated alkanes) is 1. The zero-order valence-electron chi connectivity index (χ0n) is 10.4. The number of hydrogen-bond acceptors (Lipinski definition) is 3. The molecule has 3 nitrogen and oxygen atoms in total. The second-order valence-corrected chi connectivity index (χ2v) is 4.93. The SMILES string of the molecule is COCCCCOc1ccc(Br)cc1[C@@H](C)N. The van der Waals surface area contributed by atoms with Gasteiger partial charge in [-0.05, 0) is 38.0 Å². The molecule has 0 fully saturated rings. The molecule has 0 aromatic heterocycles. The Bertz CT molecular complexity index is 342. The molecule has 0 amide bonds. The van der Waals surface area contributed by atoms with Crippen molar-refractivity contribution in [3.63, 3.8) is 0 Å². The number of halogens is 1. The van der Waals surface area contributed by atoms with Crippen molar-refractivity contribution in [3.05, 3.63) is 28.2 Å². The molecule has 17 heavy (non-hydrogen) atoms. The highest BCUT2D eigenvalue weighted by Crippen LogP contribution is 2.27. The molecule has 0 aliphatic heterocycles. The van der Waals surface area contributed by atoms with Gasteiger partial charge < -0.3 is 15.2 Å². The van der Waals surface area contributed by atoms with Crippen LogP contribution < -0.4 is 10.5 Å². The minimum Gasteiger partial charge on any atom is -0.493 e. The average molecular weight is 302 g/mol. The van der Waals surface area contributed by atoms with E-state index in [1.165, 1.54) is 0 Å². The summed E-state index contributed by atoms with van der Waals surface area (Å²) in [6, 6.07) is 5.91. The Hall–Kier alpha value is -0.580. The molecule has 1 atom stereocenters. The van der Waals surface area contributed by atoms with E-state index < -0.39 is 0 Å². The standard InChI is InChI=1S/C13H20BrNO2/c1-10(15)12-9-11(14)5-6-13(12)17-8-4-3-7-16-2/h5-6,9-10H,3-4,7-8,15H2,1-2H3/t10-/m1/s1. The van der Waals surface area contributed by atoms with Gasteiger partial charge in [-0.15, -0.1) is 0 Å². The first-order valence-corrected chi connectivity index (χ1v) is 6.61. The number of benzene rings is 1. The van der Waals surface area contributed by atoms with E-state index in [2.05, 4.69) is 15.9 Å². The highest BCUT2D eigenvalue weighted by atomic mass is 79.9. The smallest absolute Gasteiger partial charge is 0.124 e. The monoisotopic (exact) mass is 301 g/mol. The molecule has 0 saturated carbocycles. The lowest BCUT2D eigenvalue weighted by Gasteiger charge is -2.14. The maximum Gasteiger partial charge on any atom is 0.124 e. The van der Waals surface area contributed by atoms with Crippen LogP contribution in [-0.4, -0.2) is 20.3 Å². The minimum absolute atomic E-state index is 0.0264. The Morgan fingerprint density at radius 3 is 2.65 bits per heavy atom. The lowest BCUT2D eigenvalue weighted by Crippen LogP contribution is -2.09. The fourth-order valence-corrected chi connectivity index (χ4v) is 1.92. The minimum atomic E-state index is -0.0264.